The molecule has 146 valence electrons. The van der Waals surface area contributed by atoms with E-state index in [1.165, 1.54) is 16.7 Å². The molecule has 0 radical (unpaired) electrons. The van der Waals surface area contributed by atoms with Gasteiger partial charge in [0, 0.05) is 23.7 Å². The van der Waals surface area contributed by atoms with Crippen molar-refractivity contribution in [2.24, 2.45) is 0 Å². The Morgan fingerprint density at radius 3 is 2.57 bits per heavy atom. The molecule has 1 N–H and O–H groups in total. The van der Waals surface area contributed by atoms with Crippen molar-refractivity contribution in [1.82, 2.24) is 4.57 Å². The number of aryl methyl sites for hydroxylation is 4. The first-order chi connectivity index (χ1) is 13.3. The molecule has 1 aromatic carbocycles. The van der Waals surface area contributed by atoms with Gasteiger partial charge in [-0.15, -0.1) is 0 Å². The van der Waals surface area contributed by atoms with Crippen LogP contribution in [-0.4, -0.2) is 26.7 Å². The van der Waals surface area contributed by atoms with Crippen molar-refractivity contribution in [3.05, 3.63) is 86.9 Å². The number of aromatic nitrogens is 1. The van der Waals surface area contributed by atoms with Gasteiger partial charge in [-0.25, -0.2) is 4.79 Å². The van der Waals surface area contributed by atoms with E-state index in [4.69, 9.17) is 4.74 Å². The molecule has 0 aliphatic heterocycles. The summed E-state index contributed by atoms with van der Waals surface area (Å²) in [5, 5.41) is 20.6. The van der Waals surface area contributed by atoms with Gasteiger partial charge in [0.15, 0.2) is 0 Å². The van der Waals surface area contributed by atoms with Crippen molar-refractivity contribution >= 4 is 6.09 Å². The molecule has 1 aliphatic rings. The molecule has 7 heteroatoms. The van der Waals surface area contributed by atoms with Crippen molar-refractivity contribution in [3.8, 4) is 5.75 Å². The molecule has 0 fully saturated rings. The van der Waals surface area contributed by atoms with Crippen LogP contribution in [0.1, 0.15) is 28.7 Å². The molecule has 28 heavy (non-hydrogen) atoms. The predicted molar refractivity (Wildman–Crippen MR) is 104 cm³/mol. The maximum absolute atomic E-state index is 12.2. The molecule has 0 bridgehead atoms. The number of phenolic OH excluding ortho intramolecular Hbond substituents is 1. The van der Waals surface area contributed by atoms with E-state index in [0.717, 1.165) is 35.1 Å². The Morgan fingerprint density at radius 2 is 1.96 bits per heavy atom. The third kappa shape index (κ3) is 4.49. The third-order valence-corrected chi connectivity index (χ3v) is 4.74. The maximum Gasteiger partial charge on any atom is 0.423 e. The molecule has 0 amide bonds. The lowest BCUT2D eigenvalue weighted by molar-refractivity contribution is -0.508. The zero-order valence-corrected chi connectivity index (χ0v) is 15.8. The van der Waals surface area contributed by atoms with Crippen LogP contribution < -0.4 is 0 Å². The Balaban J connectivity index is 1.57. The number of hydrogen-bond acceptors (Lipinski definition) is 5. The SMILES string of the molecule is Cc1cc(CCc2ccn(C(=O)OC3=CCC([N+](=O)[O-])C=C3)c2)cc(C)c1O. The van der Waals surface area contributed by atoms with E-state index in [-0.39, 0.29) is 11.3 Å². The van der Waals surface area contributed by atoms with Crippen molar-refractivity contribution in [1.29, 1.82) is 0 Å². The third-order valence-electron chi connectivity index (χ3n) is 4.74. The summed E-state index contributed by atoms with van der Waals surface area (Å²) < 4.78 is 6.63. The van der Waals surface area contributed by atoms with Crippen LogP contribution in [0.15, 0.2) is 54.6 Å². The number of phenols is 1. The largest absolute Gasteiger partial charge is 0.507 e. The Kier molecular flexibility index (Phi) is 5.63. The lowest BCUT2D eigenvalue weighted by Gasteiger charge is -2.10. The minimum atomic E-state index is -0.771. The van der Waals surface area contributed by atoms with Gasteiger partial charge in [0.05, 0.1) is 0 Å². The first-order valence-corrected chi connectivity index (χ1v) is 9.03. The monoisotopic (exact) mass is 382 g/mol. The molecule has 1 atom stereocenters. The molecule has 1 aromatic heterocycles. The van der Waals surface area contributed by atoms with Crippen LogP contribution in [0.5, 0.6) is 5.75 Å². The Bertz CT molecular complexity index is 948. The highest BCUT2D eigenvalue weighted by Crippen LogP contribution is 2.23. The van der Waals surface area contributed by atoms with Gasteiger partial charge >= 0.3 is 6.09 Å². The van der Waals surface area contributed by atoms with Gasteiger partial charge in [0.1, 0.15) is 11.5 Å². The van der Waals surface area contributed by atoms with E-state index >= 15 is 0 Å². The zero-order valence-electron chi connectivity index (χ0n) is 15.8. The number of rotatable bonds is 5. The summed E-state index contributed by atoms with van der Waals surface area (Å²) in [6, 6.07) is 5.02. The van der Waals surface area contributed by atoms with Crippen molar-refractivity contribution < 1.29 is 19.6 Å². The summed E-state index contributed by atoms with van der Waals surface area (Å²) in [6.45, 7) is 3.75. The van der Waals surface area contributed by atoms with Crippen LogP contribution in [0.3, 0.4) is 0 Å². The highest BCUT2D eigenvalue weighted by Gasteiger charge is 2.20. The Hall–Kier alpha value is -3.35. The van der Waals surface area contributed by atoms with Gasteiger partial charge < -0.3 is 9.84 Å². The molecule has 2 aromatic rings. The Labute approximate surface area is 162 Å². The topological polar surface area (TPSA) is 94.6 Å². The number of nitro groups is 1. The van der Waals surface area contributed by atoms with E-state index in [2.05, 4.69) is 0 Å². The fraction of sp³-hybridized carbons (Fsp3) is 0.286. The summed E-state index contributed by atoms with van der Waals surface area (Å²) in [5.41, 5.74) is 3.82. The van der Waals surface area contributed by atoms with Gasteiger partial charge in [0.25, 0.3) is 0 Å². The quantitative estimate of drug-likeness (QED) is 0.621. The van der Waals surface area contributed by atoms with Crippen molar-refractivity contribution in [2.75, 3.05) is 0 Å². The summed E-state index contributed by atoms with van der Waals surface area (Å²) in [7, 11) is 0. The molecule has 7 nitrogen and oxygen atoms in total. The van der Waals surface area contributed by atoms with Crippen LogP contribution in [-0.2, 0) is 17.6 Å². The van der Waals surface area contributed by atoms with Gasteiger partial charge in [-0.05, 0) is 73.2 Å². The molecule has 1 aliphatic carbocycles. The number of nitrogens with zero attached hydrogens (tertiary/aromatic N) is 2. The van der Waals surface area contributed by atoms with Gasteiger partial charge in [0.2, 0.25) is 6.04 Å². The molecule has 0 saturated heterocycles. The standard InChI is InChI=1S/C21H22N2O5/c1-14-11-17(12-15(2)20(14)24)4-3-16-9-10-22(13-16)21(25)28-19-7-5-18(6-8-19)23(26)27/h5,7-13,18,24H,3-4,6H2,1-2H3. The van der Waals surface area contributed by atoms with E-state index in [1.807, 2.05) is 32.0 Å². The average molecular weight is 382 g/mol. The number of benzene rings is 1. The molecular weight excluding hydrogens is 360 g/mol. The lowest BCUT2D eigenvalue weighted by atomic mass is 10.0. The summed E-state index contributed by atoms with van der Waals surface area (Å²) in [4.78, 5) is 22.6. The van der Waals surface area contributed by atoms with Gasteiger partial charge in [-0.1, -0.05) is 12.1 Å². The summed E-state index contributed by atoms with van der Waals surface area (Å²) in [5.74, 6) is 0.640. The second kappa shape index (κ2) is 8.12. The predicted octanol–water partition coefficient (Wildman–Crippen LogP) is 4.07. The van der Waals surface area contributed by atoms with Crippen LogP contribution in [0.4, 0.5) is 4.79 Å². The van der Waals surface area contributed by atoms with Crippen molar-refractivity contribution in [2.45, 2.75) is 39.2 Å². The first kappa shape index (κ1) is 19.4. The highest BCUT2D eigenvalue weighted by atomic mass is 16.6. The number of ether oxygens (including phenoxy) is 1. The van der Waals surface area contributed by atoms with Crippen LogP contribution in [0, 0.1) is 24.0 Å². The van der Waals surface area contributed by atoms with Gasteiger partial charge in [-0.3, -0.25) is 14.7 Å². The fourth-order valence-corrected chi connectivity index (χ4v) is 3.16. The van der Waals surface area contributed by atoms with Crippen LogP contribution in [0.2, 0.25) is 0 Å². The number of aromatic hydroxyl groups is 1. The van der Waals surface area contributed by atoms with Crippen molar-refractivity contribution in [3.63, 3.8) is 0 Å². The number of hydrogen-bond donors (Lipinski definition) is 1. The second-order valence-electron chi connectivity index (χ2n) is 6.93. The number of allylic oxidation sites excluding steroid dienone is 1. The Morgan fingerprint density at radius 1 is 1.29 bits per heavy atom. The van der Waals surface area contributed by atoms with E-state index < -0.39 is 12.1 Å². The first-order valence-electron chi connectivity index (χ1n) is 9.03. The van der Waals surface area contributed by atoms with E-state index in [0.29, 0.717) is 11.5 Å². The van der Waals surface area contributed by atoms with Gasteiger partial charge in [-0.2, -0.15) is 0 Å². The van der Waals surface area contributed by atoms with Crippen LogP contribution >= 0.6 is 0 Å². The minimum absolute atomic E-state index is 0.203. The molecule has 0 spiro atoms. The number of carbonyl (C=O) groups is 1. The highest BCUT2D eigenvalue weighted by molar-refractivity contribution is 5.72. The molecule has 3 rings (SSSR count). The molecule has 1 heterocycles. The van der Waals surface area contributed by atoms with Crippen LogP contribution in [0.25, 0.3) is 0 Å². The summed E-state index contributed by atoms with van der Waals surface area (Å²) >= 11 is 0. The fourth-order valence-electron chi connectivity index (χ4n) is 3.16. The number of carbonyl (C=O) groups excluding carboxylic acids is 1. The smallest absolute Gasteiger partial charge is 0.423 e. The van der Waals surface area contributed by atoms with E-state index in [9.17, 15) is 20.0 Å². The summed E-state index contributed by atoms with van der Waals surface area (Å²) in [6.07, 6.45) is 8.96. The normalized spacial score (nSPS) is 15.9. The molecular formula is C21H22N2O5. The molecule has 0 saturated carbocycles. The second-order valence-corrected chi connectivity index (χ2v) is 6.93. The maximum atomic E-state index is 12.2. The lowest BCUT2D eigenvalue weighted by Crippen LogP contribution is -2.19. The zero-order chi connectivity index (χ0) is 20.3. The minimum Gasteiger partial charge on any atom is -0.507 e. The average Bonchev–Trinajstić information content (AvgIpc) is 3.14. The van der Waals surface area contributed by atoms with E-state index in [1.54, 1.807) is 18.5 Å². The molecule has 1 unspecified atom stereocenters.